The summed E-state index contributed by atoms with van der Waals surface area (Å²) in [6.07, 6.45) is 1.86. The number of cyclic esters (lactones) is 1. The van der Waals surface area contributed by atoms with Crippen molar-refractivity contribution in [3.8, 4) is 5.75 Å². The first-order valence-corrected chi connectivity index (χ1v) is 8.36. The van der Waals surface area contributed by atoms with Crippen molar-refractivity contribution in [3.63, 3.8) is 0 Å². The zero-order chi connectivity index (χ0) is 17.1. The first-order valence-electron chi connectivity index (χ1n) is 8.36. The molecule has 2 aliphatic heterocycles. The van der Waals surface area contributed by atoms with Crippen LogP contribution in [-0.2, 0) is 9.53 Å². The lowest BCUT2D eigenvalue weighted by atomic mass is 9.95. The van der Waals surface area contributed by atoms with Gasteiger partial charge in [-0.25, -0.2) is 9.59 Å². The molecule has 0 aromatic heterocycles. The molecule has 0 saturated carbocycles. The molecule has 0 unspecified atom stereocenters. The fourth-order valence-corrected chi connectivity index (χ4v) is 3.04. The van der Waals surface area contributed by atoms with Gasteiger partial charge >= 0.3 is 12.0 Å². The van der Waals surface area contributed by atoms with Crippen molar-refractivity contribution in [1.29, 1.82) is 0 Å². The minimum Gasteiger partial charge on any atom is -0.494 e. The highest BCUT2D eigenvalue weighted by molar-refractivity contribution is 5.97. The number of carbonyl (C=O) groups excluding carboxylic acids is 2. The van der Waals surface area contributed by atoms with E-state index < -0.39 is 6.04 Å². The fourth-order valence-electron chi connectivity index (χ4n) is 3.04. The molecular formula is C18H22N2O4. The summed E-state index contributed by atoms with van der Waals surface area (Å²) in [5, 5.41) is 2.93. The van der Waals surface area contributed by atoms with E-state index in [1.54, 1.807) is 4.90 Å². The van der Waals surface area contributed by atoms with Crippen LogP contribution in [0.25, 0.3) is 0 Å². The molecule has 3 rings (SSSR count). The van der Waals surface area contributed by atoms with E-state index in [0.29, 0.717) is 24.4 Å². The summed E-state index contributed by atoms with van der Waals surface area (Å²) < 4.78 is 10.6. The van der Waals surface area contributed by atoms with Crippen LogP contribution in [0.5, 0.6) is 5.75 Å². The van der Waals surface area contributed by atoms with E-state index in [0.717, 1.165) is 24.2 Å². The molecule has 0 saturated heterocycles. The van der Waals surface area contributed by atoms with Gasteiger partial charge in [-0.05, 0) is 31.0 Å². The van der Waals surface area contributed by atoms with Crippen LogP contribution in [0.2, 0.25) is 0 Å². The number of rotatable bonds is 6. The van der Waals surface area contributed by atoms with Gasteiger partial charge in [0.1, 0.15) is 12.4 Å². The van der Waals surface area contributed by atoms with Crippen LogP contribution in [0.15, 0.2) is 35.5 Å². The van der Waals surface area contributed by atoms with Crippen LogP contribution in [0.4, 0.5) is 4.79 Å². The Hall–Kier alpha value is -2.50. The number of urea groups is 1. The summed E-state index contributed by atoms with van der Waals surface area (Å²) in [6.45, 7) is 5.34. The summed E-state index contributed by atoms with van der Waals surface area (Å²) in [7, 11) is 0. The Balaban J connectivity index is 1.92. The SMILES string of the molecule is CCCCN1C(=O)N[C@@H](c2ccc(OCC)cc2)C2=C1COC2=O. The largest absolute Gasteiger partial charge is 0.494 e. The van der Waals surface area contributed by atoms with Gasteiger partial charge in [-0.3, -0.25) is 4.90 Å². The third-order valence-corrected chi connectivity index (χ3v) is 4.26. The van der Waals surface area contributed by atoms with Crippen LogP contribution < -0.4 is 10.1 Å². The van der Waals surface area contributed by atoms with Crippen LogP contribution in [-0.4, -0.2) is 36.7 Å². The molecule has 24 heavy (non-hydrogen) atoms. The number of carbonyl (C=O) groups is 2. The molecular weight excluding hydrogens is 308 g/mol. The number of amides is 2. The van der Waals surface area contributed by atoms with E-state index in [4.69, 9.17) is 9.47 Å². The topological polar surface area (TPSA) is 67.9 Å². The van der Waals surface area contributed by atoms with E-state index >= 15 is 0 Å². The summed E-state index contributed by atoms with van der Waals surface area (Å²) in [6, 6.07) is 6.77. The predicted molar refractivity (Wildman–Crippen MR) is 88.5 cm³/mol. The van der Waals surface area contributed by atoms with Gasteiger partial charge < -0.3 is 14.8 Å². The molecule has 6 nitrogen and oxygen atoms in total. The lowest BCUT2D eigenvalue weighted by Crippen LogP contribution is -2.47. The Kier molecular flexibility index (Phi) is 4.74. The second-order valence-electron chi connectivity index (χ2n) is 5.83. The maximum absolute atomic E-state index is 12.5. The Morgan fingerprint density at radius 1 is 1.25 bits per heavy atom. The van der Waals surface area contributed by atoms with Gasteiger partial charge in [-0.15, -0.1) is 0 Å². The highest BCUT2D eigenvalue weighted by Gasteiger charge is 2.41. The number of nitrogens with zero attached hydrogens (tertiary/aromatic N) is 1. The van der Waals surface area contributed by atoms with Gasteiger partial charge in [-0.1, -0.05) is 25.5 Å². The first kappa shape index (κ1) is 16.4. The monoisotopic (exact) mass is 330 g/mol. The molecule has 1 atom stereocenters. The molecule has 0 fully saturated rings. The van der Waals surface area contributed by atoms with Gasteiger partial charge in [0.2, 0.25) is 0 Å². The van der Waals surface area contributed by atoms with E-state index in [9.17, 15) is 9.59 Å². The molecule has 2 heterocycles. The van der Waals surface area contributed by atoms with Crippen molar-refractivity contribution in [2.45, 2.75) is 32.7 Å². The minimum absolute atomic E-state index is 0.166. The summed E-state index contributed by atoms with van der Waals surface area (Å²) in [4.78, 5) is 26.3. The number of hydrogen-bond acceptors (Lipinski definition) is 4. The molecule has 0 radical (unpaired) electrons. The third kappa shape index (κ3) is 2.96. The summed E-state index contributed by atoms with van der Waals surface area (Å²) in [5.74, 6) is 0.404. The van der Waals surface area contributed by atoms with Crippen molar-refractivity contribution in [3.05, 3.63) is 41.1 Å². The number of nitrogens with one attached hydrogen (secondary N) is 1. The van der Waals surface area contributed by atoms with Crippen LogP contribution in [0.3, 0.4) is 0 Å². The van der Waals surface area contributed by atoms with Crippen molar-refractivity contribution < 1.29 is 19.1 Å². The molecule has 1 aromatic carbocycles. The smallest absolute Gasteiger partial charge is 0.338 e. The highest BCUT2D eigenvalue weighted by atomic mass is 16.5. The van der Waals surface area contributed by atoms with Gasteiger partial charge in [0.25, 0.3) is 0 Å². The number of unbranched alkanes of at least 4 members (excludes halogenated alkanes) is 1. The normalized spacial score (nSPS) is 19.9. The maximum atomic E-state index is 12.5. The molecule has 0 bridgehead atoms. The molecule has 0 spiro atoms. The minimum atomic E-state index is -0.476. The third-order valence-electron chi connectivity index (χ3n) is 4.26. The second-order valence-corrected chi connectivity index (χ2v) is 5.83. The summed E-state index contributed by atoms with van der Waals surface area (Å²) >= 11 is 0. The average molecular weight is 330 g/mol. The van der Waals surface area contributed by atoms with Crippen LogP contribution in [0, 0.1) is 0 Å². The average Bonchev–Trinajstić information content (AvgIpc) is 2.96. The van der Waals surface area contributed by atoms with Gasteiger partial charge in [-0.2, -0.15) is 0 Å². The predicted octanol–water partition coefficient (Wildman–Crippen LogP) is 2.76. The zero-order valence-corrected chi connectivity index (χ0v) is 14.0. The molecule has 1 aromatic rings. The number of ether oxygens (including phenoxy) is 2. The van der Waals surface area contributed by atoms with Crippen molar-refractivity contribution in [2.75, 3.05) is 19.8 Å². The Morgan fingerprint density at radius 3 is 2.67 bits per heavy atom. The molecule has 0 aliphatic carbocycles. The second kappa shape index (κ2) is 6.95. The first-order chi connectivity index (χ1) is 11.7. The number of hydrogen-bond donors (Lipinski definition) is 1. The lowest BCUT2D eigenvalue weighted by molar-refractivity contribution is -0.136. The van der Waals surface area contributed by atoms with E-state index in [-0.39, 0.29) is 18.6 Å². The van der Waals surface area contributed by atoms with Crippen LogP contribution >= 0.6 is 0 Å². The quantitative estimate of drug-likeness (QED) is 0.815. The molecule has 6 heteroatoms. The fraction of sp³-hybridized carbons (Fsp3) is 0.444. The van der Waals surface area contributed by atoms with Gasteiger partial charge in [0.05, 0.1) is 23.9 Å². The van der Waals surface area contributed by atoms with Gasteiger partial charge in [0, 0.05) is 6.54 Å². The zero-order valence-electron chi connectivity index (χ0n) is 14.0. The Morgan fingerprint density at radius 2 is 2.00 bits per heavy atom. The lowest BCUT2D eigenvalue weighted by Gasteiger charge is -2.32. The van der Waals surface area contributed by atoms with Crippen LogP contribution in [0.1, 0.15) is 38.3 Å². The number of esters is 1. The molecule has 2 aliphatic rings. The van der Waals surface area contributed by atoms with E-state index in [1.807, 2.05) is 31.2 Å². The standard InChI is InChI=1S/C18H22N2O4/c1-3-5-10-20-14-11-24-17(21)15(14)16(19-18(20)22)12-6-8-13(9-7-12)23-4-2/h6-9,16H,3-5,10-11H2,1-2H3,(H,19,22)/t16-/m0/s1. The summed E-state index contributed by atoms with van der Waals surface area (Å²) in [5.41, 5.74) is 2.07. The van der Waals surface area contributed by atoms with Crippen molar-refractivity contribution in [1.82, 2.24) is 10.2 Å². The van der Waals surface area contributed by atoms with Gasteiger partial charge in [0.15, 0.2) is 0 Å². The maximum Gasteiger partial charge on any atom is 0.338 e. The Bertz CT molecular complexity index is 666. The van der Waals surface area contributed by atoms with E-state index in [2.05, 4.69) is 12.2 Å². The molecule has 2 amide bonds. The molecule has 1 N–H and O–H groups in total. The molecule has 128 valence electrons. The highest BCUT2D eigenvalue weighted by Crippen LogP contribution is 2.35. The Labute approximate surface area is 141 Å². The van der Waals surface area contributed by atoms with Crippen molar-refractivity contribution in [2.24, 2.45) is 0 Å². The van der Waals surface area contributed by atoms with Crippen molar-refractivity contribution >= 4 is 12.0 Å². The number of benzene rings is 1. The van der Waals surface area contributed by atoms with E-state index in [1.165, 1.54) is 0 Å².